The van der Waals surface area contributed by atoms with Gasteiger partial charge in [-0.3, -0.25) is 0 Å². The van der Waals surface area contributed by atoms with E-state index in [2.05, 4.69) is 56.9 Å². The van der Waals surface area contributed by atoms with Gasteiger partial charge in [-0.25, -0.2) is 0 Å². The molecule has 0 saturated carbocycles. The van der Waals surface area contributed by atoms with E-state index in [0.717, 1.165) is 12.0 Å². The molecule has 1 rings (SSSR count). The Morgan fingerprint density at radius 3 is 2.20 bits per heavy atom. The summed E-state index contributed by atoms with van der Waals surface area (Å²) in [6, 6.07) is 8.31. The van der Waals surface area contributed by atoms with Crippen LogP contribution < -0.4 is 5.73 Å². The van der Waals surface area contributed by atoms with E-state index < -0.39 is 0 Å². The molecule has 0 atom stereocenters. The Morgan fingerprint density at radius 2 is 1.73 bits per heavy atom. The smallest absolute Gasteiger partial charge is 0.0245 e. The number of hydrogen-bond donors (Lipinski definition) is 1. The molecule has 0 aromatic heterocycles. The van der Waals surface area contributed by atoms with Crippen LogP contribution in [0, 0.1) is 17.3 Å². The maximum atomic E-state index is 5.49. The van der Waals surface area contributed by atoms with Crippen LogP contribution in [0.1, 0.15) is 31.9 Å². The lowest BCUT2D eigenvalue weighted by Crippen LogP contribution is -2.02. The van der Waals surface area contributed by atoms with E-state index in [9.17, 15) is 0 Å². The Bertz CT molecular complexity index is 357. The molecule has 80 valence electrons. The van der Waals surface area contributed by atoms with Crippen molar-refractivity contribution in [3.8, 4) is 11.8 Å². The van der Waals surface area contributed by atoms with Gasteiger partial charge in [0.25, 0.3) is 0 Å². The minimum atomic E-state index is 0.0654. The van der Waals surface area contributed by atoms with Crippen LogP contribution in [0.15, 0.2) is 24.3 Å². The minimum absolute atomic E-state index is 0.0654. The average molecular weight is 201 g/mol. The molecular weight excluding hydrogens is 182 g/mol. The monoisotopic (exact) mass is 201 g/mol. The van der Waals surface area contributed by atoms with Crippen LogP contribution in [0.2, 0.25) is 0 Å². The number of hydrogen-bond acceptors (Lipinski definition) is 1. The highest BCUT2D eigenvalue weighted by Crippen LogP contribution is 2.11. The van der Waals surface area contributed by atoms with Crippen molar-refractivity contribution in [2.24, 2.45) is 11.1 Å². The molecule has 15 heavy (non-hydrogen) atoms. The SMILES string of the molecule is CC(C)(C)C#Cc1ccc(CCN)cc1. The molecular formula is C14H19N. The first kappa shape index (κ1) is 11.8. The van der Waals surface area contributed by atoms with Crippen molar-refractivity contribution in [1.82, 2.24) is 0 Å². The van der Waals surface area contributed by atoms with Crippen LogP contribution in [-0.4, -0.2) is 6.54 Å². The predicted molar refractivity (Wildman–Crippen MR) is 65.5 cm³/mol. The topological polar surface area (TPSA) is 26.0 Å². The van der Waals surface area contributed by atoms with Crippen molar-refractivity contribution < 1.29 is 0 Å². The number of rotatable bonds is 2. The van der Waals surface area contributed by atoms with E-state index in [1.807, 2.05) is 0 Å². The van der Waals surface area contributed by atoms with Crippen LogP contribution in [0.3, 0.4) is 0 Å². The molecule has 1 heteroatoms. The van der Waals surface area contributed by atoms with Gasteiger partial charge in [-0.1, -0.05) is 24.0 Å². The molecule has 0 amide bonds. The zero-order valence-electron chi connectivity index (χ0n) is 9.80. The van der Waals surface area contributed by atoms with E-state index in [1.54, 1.807) is 0 Å². The highest BCUT2D eigenvalue weighted by molar-refractivity contribution is 5.37. The lowest BCUT2D eigenvalue weighted by molar-refractivity contribution is 0.571. The maximum Gasteiger partial charge on any atom is 0.0245 e. The fraction of sp³-hybridized carbons (Fsp3) is 0.429. The molecule has 1 nitrogen and oxygen atoms in total. The Balaban J connectivity index is 2.75. The van der Waals surface area contributed by atoms with E-state index in [1.165, 1.54) is 5.56 Å². The quantitative estimate of drug-likeness (QED) is 0.731. The van der Waals surface area contributed by atoms with Gasteiger partial charge in [0.05, 0.1) is 0 Å². The summed E-state index contributed by atoms with van der Waals surface area (Å²) in [6.45, 7) is 7.04. The third-order valence-electron chi connectivity index (χ3n) is 1.97. The van der Waals surface area contributed by atoms with Crippen LogP contribution in [-0.2, 0) is 6.42 Å². The summed E-state index contributed by atoms with van der Waals surface area (Å²) >= 11 is 0. The van der Waals surface area contributed by atoms with Gasteiger partial charge in [0, 0.05) is 11.0 Å². The molecule has 0 spiro atoms. The third kappa shape index (κ3) is 4.67. The van der Waals surface area contributed by atoms with E-state index >= 15 is 0 Å². The summed E-state index contributed by atoms with van der Waals surface area (Å²) in [5.41, 5.74) is 7.90. The van der Waals surface area contributed by atoms with Gasteiger partial charge < -0.3 is 5.73 Å². The van der Waals surface area contributed by atoms with Crippen molar-refractivity contribution in [1.29, 1.82) is 0 Å². The maximum absolute atomic E-state index is 5.49. The lowest BCUT2D eigenvalue weighted by Gasteiger charge is -2.06. The average Bonchev–Trinajstić information content (AvgIpc) is 2.16. The largest absolute Gasteiger partial charge is 0.330 e. The van der Waals surface area contributed by atoms with Crippen molar-refractivity contribution >= 4 is 0 Å². The molecule has 1 aromatic carbocycles. The molecule has 2 N–H and O–H groups in total. The molecule has 0 heterocycles. The summed E-state index contributed by atoms with van der Waals surface area (Å²) in [7, 11) is 0. The van der Waals surface area contributed by atoms with E-state index in [4.69, 9.17) is 5.73 Å². The molecule has 0 fully saturated rings. The fourth-order valence-corrected chi connectivity index (χ4v) is 1.18. The first-order valence-corrected chi connectivity index (χ1v) is 5.33. The zero-order valence-corrected chi connectivity index (χ0v) is 9.80. The number of benzene rings is 1. The normalized spacial score (nSPS) is 10.7. The molecule has 0 bridgehead atoms. The van der Waals surface area contributed by atoms with Crippen molar-refractivity contribution in [2.75, 3.05) is 6.54 Å². The van der Waals surface area contributed by atoms with Crippen molar-refractivity contribution in [2.45, 2.75) is 27.2 Å². The Kier molecular flexibility index (Phi) is 3.94. The van der Waals surface area contributed by atoms with Gasteiger partial charge in [0.1, 0.15) is 0 Å². The lowest BCUT2D eigenvalue weighted by atomic mass is 9.97. The highest BCUT2D eigenvalue weighted by Gasteiger charge is 2.03. The third-order valence-corrected chi connectivity index (χ3v) is 1.97. The summed E-state index contributed by atoms with van der Waals surface area (Å²) in [6.07, 6.45) is 0.937. The Labute approximate surface area is 92.7 Å². The summed E-state index contributed by atoms with van der Waals surface area (Å²) < 4.78 is 0. The van der Waals surface area contributed by atoms with Crippen LogP contribution in [0.4, 0.5) is 0 Å². The van der Waals surface area contributed by atoms with Gasteiger partial charge in [-0.2, -0.15) is 0 Å². The molecule has 0 unspecified atom stereocenters. The van der Waals surface area contributed by atoms with Gasteiger partial charge >= 0.3 is 0 Å². The number of nitrogens with two attached hydrogens (primary N) is 1. The second-order valence-corrected chi connectivity index (χ2v) is 4.74. The first-order chi connectivity index (χ1) is 7.01. The van der Waals surface area contributed by atoms with Gasteiger partial charge in [0.2, 0.25) is 0 Å². The summed E-state index contributed by atoms with van der Waals surface area (Å²) in [5, 5.41) is 0. The molecule has 0 aliphatic rings. The van der Waals surface area contributed by atoms with Crippen molar-refractivity contribution in [3.05, 3.63) is 35.4 Å². The van der Waals surface area contributed by atoms with Crippen LogP contribution in [0.5, 0.6) is 0 Å². The highest BCUT2D eigenvalue weighted by atomic mass is 14.5. The summed E-state index contributed by atoms with van der Waals surface area (Å²) in [5.74, 6) is 6.39. The first-order valence-electron chi connectivity index (χ1n) is 5.33. The fourth-order valence-electron chi connectivity index (χ4n) is 1.18. The second-order valence-electron chi connectivity index (χ2n) is 4.74. The van der Waals surface area contributed by atoms with E-state index in [0.29, 0.717) is 6.54 Å². The Morgan fingerprint density at radius 1 is 1.13 bits per heavy atom. The standard InChI is InChI=1S/C14H19N/c1-14(2,3)10-8-12-4-6-13(7-5-12)9-11-15/h4-7H,9,11,15H2,1-3H3. The summed E-state index contributed by atoms with van der Waals surface area (Å²) in [4.78, 5) is 0. The second kappa shape index (κ2) is 5.00. The molecule has 0 saturated heterocycles. The van der Waals surface area contributed by atoms with Crippen LogP contribution >= 0.6 is 0 Å². The molecule has 0 radical (unpaired) electrons. The van der Waals surface area contributed by atoms with E-state index in [-0.39, 0.29) is 5.41 Å². The van der Waals surface area contributed by atoms with Gasteiger partial charge in [0.15, 0.2) is 0 Å². The van der Waals surface area contributed by atoms with Gasteiger partial charge in [-0.15, -0.1) is 0 Å². The molecule has 0 aliphatic heterocycles. The predicted octanol–water partition coefficient (Wildman–Crippen LogP) is 2.59. The zero-order chi connectivity index (χ0) is 11.3. The Hall–Kier alpha value is -1.26. The van der Waals surface area contributed by atoms with Crippen LogP contribution in [0.25, 0.3) is 0 Å². The van der Waals surface area contributed by atoms with Gasteiger partial charge in [-0.05, 0) is 51.4 Å². The molecule has 0 aliphatic carbocycles. The molecule has 1 aromatic rings. The minimum Gasteiger partial charge on any atom is -0.330 e. The van der Waals surface area contributed by atoms with Crippen molar-refractivity contribution in [3.63, 3.8) is 0 Å².